The van der Waals surface area contributed by atoms with Crippen molar-refractivity contribution >= 4 is 33.2 Å². The Balaban J connectivity index is 2.13. The van der Waals surface area contributed by atoms with Gasteiger partial charge in [-0.1, -0.05) is 0 Å². The fourth-order valence-electron chi connectivity index (χ4n) is 2.08. The molecule has 5 heteroatoms. The largest absolute Gasteiger partial charge is 0.334 e. The molecule has 0 saturated carbocycles. The monoisotopic (exact) mass is 302 g/mol. The third-order valence-corrected chi connectivity index (χ3v) is 4.56. The third-order valence-electron chi connectivity index (χ3n) is 2.94. The van der Waals surface area contributed by atoms with Crippen molar-refractivity contribution in [3.8, 4) is 0 Å². The van der Waals surface area contributed by atoms with Gasteiger partial charge in [0.05, 0.1) is 8.66 Å². The number of carbonyl (C=O) groups is 1. The highest BCUT2D eigenvalue weighted by molar-refractivity contribution is 9.11. The summed E-state index contributed by atoms with van der Waals surface area (Å²) >= 11 is 4.87. The van der Waals surface area contributed by atoms with Crippen LogP contribution in [0, 0.1) is 0 Å². The molecular formula is C11H15BrN2OS. The SMILES string of the molecule is NCC1CCCCN1C(=O)c1ccc(Br)s1. The zero-order chi connectivity index (χ0) is 11.5. The molecule has 0 radical (unpaired) electrons. The molecule has 2 heterocycles. The predicted molar refractivity (Wildman–Crippen MR) is 69.7 cm³/mol. The van der Waals surface area contributed by atoms with Crippen LogP contribution in [0.4, 0.5) is 0 Å². The molecule has 3 nitrogen and oxygen atoms in total. The number of piperidine rings is 1. The number of carbonyl (C=O) groups excluding carboxylic acids is 1. The number of hydrogen-bond acceptors (Lipinski definition) is 3. The normalized spacial score (nSPS) is 21.1. The molecule has 1 aromatic heterocycles. The molecule has 1 saturated heterocycles. The average molecular weight is 303 g/mol. The molecule has 2 rings (SSSR count). The van der Waals surface area contributed by atoms with Crippen LogP contribution >= 0.6 is 27.3 Å². The first kappa shape index (κ1) is 12.1. The van der Waals surface area contributed by atoms with Crippen molar-refractivity contribution in [2.24, 2.45) is 5.73 Å². The maximum atomic E-state index is 12.2. The van der Waals surface area contributed by atoms with Crippen LogP contribution in [0.5, 0.6) is 0 Å². The minimum Gasteiger partial charge on any atom is -0.334 e. The van der Waals surface area contributed by atoms with Crippen molar-refractivity contribution in [3.63, 3.8) is 0 Å². The summed E-state index contributed by atoms with van der Waals surface area (Å²) < 4.78 is 0.997. The van der Waals surface area contributed by atoms with Crippen LogP contribution in [-0.4, -0.2) is 29.9 Å². The molecule has 88 valence electrons. The quantitative estimate of drug-likeness (QED) is 0.912. The van der Waals surface area contributed by atoms with Crippen molar-refractivity contribution in [1.29, 1.82) is 0 Å². The van der Waals surface area contributed by atoms with Crippen LogP contribution in [0.25, 0.3) is 0 Å². The van der Waals surface area contributed by atoms with E-state index in [9.17, 15) is 4.79 Å². The lowest BCUT2D eigenvalue weighted by Gasteiger charge is -2.34. The van der Waals surface area contributed by atoms with Crippen molar-refractivity contribution in [1.82, 2.24) is 4.90 Å². The van der Waals surface area contributed by atoms with Crippen molar-refractivity contribution in [3.05, 3.63) is 20.8 Å². The Morgan fingerprint density at radius 1 is 1.56 bits per heavy atom. The molecule has 1 amide bonds. The first-order valence-electron chi connectivity index (χ1n) is 5.48. The summed E-state index contributed by atoms with van der Waals surface area (Å²) in [4.78, 5) is 15.0. The van der Waals surface area contributed by atoms with E-state index < -0.39 is 0 Å². The van der Waals surface area contributed by atoms with Crippen molar-refractivity contribution in [2.75, 3.05) is 13.1 Å². The Morgan fingerprint density at radius 2 is 2.38 bits per heavy atom. The number of halogens is 1. The number of thiophene rings is 1. The summed E-state index contributed by atoms with van der Waals surface area (Å²) in [5.74, 6) is 0.130. The topological polar surface area (TPSA) is 46.3 Å². The molecule has 0 aliphatic carbocycles. The smallest absolute Gasteiger partial charge is 0.264 e. The average Bonchev–Trinajstić information content (AvgIpc) is 2.75. The molecule has 16 heavy (non-hydrogen) atoms. The van der Waals surface area contributed by atoms with Gasteiger partial charge in [0, 0.05) is 19.1 Å². The Hall–Kier alpha value is -0.390. The van der Waals surface area contributed by atoms with E-state index in [-0.39, 0.29) is 11.9 Å². The number of amides is 1. The third kappa shape index (κ3) is 2.47. The van der Waals surface area contributed by atoms with E-state index in [1.54, 1.807) is 0 Å². The zero-order valence-electron chi connectivity index (χ0n) is 8.99. The van der Waals surface area contributed by atoms with Crippen LogP contribution in [0.2, 0.25) is 0 Å². The molecule has 1 fully saturated rings. The molecule has 0 bridgehead atoms. The minimum atomic E-state index is 0.130. The molecular weight excluding hydrogens is 288 g/mol. The van der Waals surface area contributed by atoms with Gasteiger partial charge in [-0.2, -0.15) is 0 Å². The fraction of sp³-hybridized carbons (Fsp3) is 0.545. The highest BCUT2D eigenvalue weighted by Crippen LogP contribution is 2.26. The van der Waals surface area contributed by atoms with Gasteiger partial charge in [0.25, 0.3) is 5.91 Å². The van der Waals surface area contributed by atoms with Crippen LogP contribution < -0.4 is 5.73 Å². The van der Waals surface area contributed by atoms with Gasteiger partial charge in [0.15, 0.2) is 0 Å². The molecule has 1 aliphatic rings. The highest BCUT2D eigenvalue weighted by atomic mass is 79.9. The number of nitrogens with zero attached hydrogens (tertiary/aromatic N) is 1. The lowest BCUT2D eigenvalue weighted by Crippen LogP contribution is -2.47. The molecule has 1 aromatic rings. The summed E-state index contributed by atoms with van der Waals surface area (Å²) in [6.07, 6.45) is 3.31. The zero-order valence-corrected chi connectivity index (χ0v) is 11.4. The lowest BCUT2D eigenvalue weighted by molar-refractivity contribution is 0.0628. The van der Waals surface area contributed by atoms with Gasteiger partial charge < -0.3 is 10.6 Å². The standard InChI is InChI=1S/C11H15BrN2OS/c12-10-5-4-9(16-10)11(15)14-6-2-1-3-8(14)7-13/h4-5,8H,1-3,6-7,13H2. The second-order valence-corrected chi connectivity index (χ2v) is 6.45. The maximum absolute atomic E-state index is 12.2. The Kier molecular flexibility index (Phi) is 4.00. The number of likely N-dealkylation sites (tertiary alicyclic amines) is 1. The van der Waals surface area contributed by atoms with Gasteiger partial charge in [-0.15, -0.1) is 11.3 Å². The minimum absolute atomic E-state index is 0.130. The van der Waals surface area contributed by atoms with Gasteiger partial charge in [-0.25, -0.2) is 0 Å². The van der Waals surface area contributed by atoms with E-state index in [2.05, 4.69) is 15.9 Å². The highest BCUT2D eigenvalue weighted by Gasteiger charge is 2.27. The number of hydrogen-bond donors (Lipinski definition) is 1. The van der Waals surface area contributed by atoms with E-state index in [4.69, 9.17) is 5.73 Å². The van der Waals surface area contributed by atoms with Crippen molar-refractivity contribution < 1.29 is 4.79 Å². The maximum Gasteiger partial charge on any atom is 0.264 e. The van der Waals surface area contributed by atoms with Gasteiger partial charge >= 0.3 is 0 Å². The van der Waals surface area contributed by atoms with Gasteiger partial charge in [-0.3, -0.25) is 4.79 Å². The summed E-state index contributed by atoms with van der Waals surface area (Å²) in [6, 6.07) is 4.01. The molecule has 2 N–H and O–H groups in total. The van der Waals surface area contributed by atoms with E-state index in [0.717, 1.165) is 28.0 Å². The van der Waals surface area contributed by atoms with E-state index in [1.807, 2.05) is 17.0 Å². The summed E-state index contributed by atoms with van der Waals surface area (Å²) in [5, 5.41) is 0. The van der Waals surface area contributed by atoms with Crippen LogP contribution in [0.15, 0.2) is 15.9 Å². The fourth-order valence-corrected chi connectivity index (χ4v) is 3.43. The molecule has 0 aromatic carbocycles. The molecule has 0 spiro atoms. The van der Waals surface area contributed by atoms with E-state index >= 15 is 0 Å². The predicted octanol–water partition coefficient (Wildman–Crippen LogP) is 2.46. The number of nitrogens with two attached hydrogens (primary N) is 1. The first-order valence-corrected chi connectivity index (χ1v) is 7.09. The van der Waals surface area contributed by atoms with E-state index in [1.165, 1.54) is 17.8 Å². The number of rotatable bonds is 2. The Morgan fingerprint density at radius 3 is 3.00 bits per heavy atom. The van der Waals surface area contributed by atoms with Crippen molar-refractivity contribution in [2.45, 2.75) is 25.3 Å². The second-order valence-electron chi connectivity index (χ2n) is 3.99. The van der Waals surface area contributed by atoms with Crippen LogP contribution in [-0.2, 0) is 0 Å². The second kappa shape index (κ2) is 5.29. The van der Waals surface area contributed by atoms with Gasteiger partial charge in [-0.05, 0) is 47.3 Å². The molecule has 1 aliphatic heterocycles. The summed E-state index contributed by atoms with van der Waals surface area (Å²) in [7, 11) is 0. The lowest BCUT2D eigenvalue weighted by atomic mass is 10.0. The molecule has 1 unspecified atom stereocenters. The molecule has 1 atom stereocenters. The van der Waals surface area contributed by atoms with Gasteiger partial charge in [0.2, 0.25) is 0 Å². The van der Waals surface area contributed by atoms with Crippen LogP contribution in [0.3, 0.4) is 0 Å². The Labute approximate surface area is 108 Å². The first-order chi connectivity index (χ1) is 7.72. The summed E-state index contributed by atoms with van der Waals surface area (Å²) in [6.45, 7) is 1.41. The van der Waals surface area contributed by atoms with Crippen LogP contribution in [0.1, 0.15) is 28.9 Å². The van der Waals surface area contributed by atoms with E-state index in [0.29, 0.717) is 6.54 Å². The Bertz CT molecular complexity index is 380. The summed E-state index contributed by atoms with van der Waals surface area (Å²) in [5.41, 5.74) is 5.71. The van der Waals surface area contributed by atoms with Gasteiger partial charge in [0.1, 0.15) is 0 Å².